The van der Waals surface area contributed by atoms with Gasteiger partial charge < -0.3 is 14.2 Å². The number of aromatic nitrogens is 3. The third kappa shape index (κ3) is 3.03. The lowest BCUT2D eigenvalue weighted by atomic mass is 10.2. The predicted octanol–water partition coefficient (Wildman–Crippen LogP) is 1.68. The van der Waals surface area contributed by atoms with Crippen LogP contribution in [0.2, 0.25) is 0 Å². The van der Waals surface area contributed by atoms with Crippen LogP contribution in [0.3, 0.4) is 0 Å². The molecule has 0 saturated carbocycles. The summed E-state index contributed by atoms with van der Waals surface area (Å²) in [5.74, 6) is -0.789. The Bertz CT molecular complexity index is 730. The molecule has 0 aliphatic carbocycles. The van der Waals surface area contributed by atoms with Crippen molar-refractivity contribution in [2.24, 2.45) is 0 Å². The Kier molecular flexibility index (Phi) is 3.77. The van der Waals surface area contributed by atoms with Gasteiger partial charge in [-0.1, -0.05) is 5.10 Å². The molecule has 0 bridgehead atoms. The van der Waals surface area contributed by atoms with Crippen molar-refractivity contribution in [3.05, 3.63) is 29.8 Å². The molecule has 0 unspecified atom stereocenters. The molecule has 1 fully saturated rings. The van der Waals surface area contributed by atoms with Crippen LogP contribution >= 0.6 is 0 Å². The highest BCUT2D eigenvalue weighted by Gasteiger charge is 2.39. The summed E-state index contributed by atoms with van der Waals surface area (Å²) < 4.78 is 42.1. The summed E-state index contributed by atoms with van der Waals surface area (Å²) in [5, 5.41) is 15.5. The van der Waals surface area contributed by atoms with Gasteiger partial charge in [-0.05, 0) is 12.1 Å². The number of pyridine rings is 1. The topological polar surface area (TPSA) is 82.1 Å². The van der Waals surface area contributed by atoms with Crippen LogP contribution in [-0.2, 0) is 6.18 Å². The molecule has 0 spiro atoms. The summed E-state index contributed by atoms with van der Waals surface area (Å²) >= 11 is 0. The number of halogens is 3. The number of rotatable bonds is 2. The zero-order chi connectivity index (χ0) is 16.4. The highest BCUT2D eigenvalue weighted by molar-refractivity contribution is 5.54. The molecule has 3 heterocycles. The molecule has 120 valence electrons. The quantitative estimate of drug-likeness (QED) is 0.831. The van der Waals surface area contributed by atoms with E-state index >= 15 is 0 Å². The first-order chi connectivity index (χ1) is 11.0. The molecule has 0 aromatic carbocycles. The minimum atomic E-state index is -4.65. The van der Waals surface area contributed by atoms with Gasteiger partial charge in [0.05, 0.1) is 5.56 Å². The lowest BCUT2D eigenvalue weighted by Crippen LogP contribution is -2.47. The van der Waals surface area contributed by atoms with E-state index in [0.717, 1.165) is 0 Å². The SMILES string of the molecule is N#Cc1cccnc1N1CCN(c2nnc(C(F)(F)F)o2)CC1. The molecule has 0 amide bonds. The molecule has 0 radical (unpaired) electrons. The number of hydrogen-bond acceptors (Lipinski definition) is 7. The highest BCUT2D eigenvalue weighted by atomic mass is 19.4. The van der Waals surface area contributed by atoms with Crippen molar-refractivity contribution in [3.8, 4) is 6.07 Å². The van der Waals surface area contributed by atoms with Gasteiger partial charge in [0.1, 0.15) is 11.9 Å². The summed E-state index contributed by atoms with van der Waals surface area (Å²) in [6, 6.07) is 5.26. The number of nitriles is 1. The highest BCUT2D eigenvalue weighted by Crippen LogP contribution is 2.30. The van der Waals surface area contributed by atoms with Crippen LogP contribution in [0.5, 0.6) is 0 Å². The summed E-state index contributed by atoms with van der Waals surface area (Å²) in [5.41, 5.74) is 0.457. The van der Waals surface area contributed by atoms with Crippen LogP contribution in [0.1, 0.15) is 11.5 Å². The third-order valence-corrected chi connectivity index (χ3v) is 3.41. The summed E-state index contributed by atoms with van der Waals surface area (Å²) in [6.45, 7) is 1.74. The Balaban J connectivity index is 1.69. The zero-order valence-electron chi connectivity index (χ0n) is 11.8. The minimum absolute atomic E-state index is 0.154. The zero-order valence-corrected chi connectivity index (χ0v) is 11.8. The maximum atomic E-state index is 12.5. The maximum absolute atomic E-state index is 12.5. The van der Waals surface area contributed by atoms with Crippen molar-refractivity contribution in [2.45, 2.75) is 6.18 Å². The standard InChI is InChI=1S/C13H11F3N6O/c14-13(15,16)11-19-20-12(23-11)22-6-4-21(5-7-22)10-9(8-17)2-1-3-18-10/h1-3H,4-7H2. The van der Waals surface area contributed by atoms with E-state index in [0.29, 0.717) is 37.6 Å². The van der Waals surface area contributed by atoms with E-state index in [1.54, 1.807) is 23.2 Å². The molecule has 2 aromatic rings. The summed E-state index contributed by atoms with van der Waals surface area (Å²) in [4.78, 5) is 7.67. The monoisotopic (exact) mass is 324 g/mol. The van der Waals surface area contributed by atoms with Crippen LogP contribution in [0.4, 0.5) is 25.0 Å². The van der Waals surface area contributed by atoms with E-state index in [4.69, 9.17) is 5.26 Å². The van der Waals surface area contributed by atoms with Crippen molar-refractivity contribution in [2.75, 3.05) is 36.0 Å². The van der Waals surface area contributed by atoms with Crippen molar-refractivity contribution in [1.82, 2.24) is 15.2 Å². The third-order valence-electron chi connectivity index (χ3n) is 3.41. The fraction of sp³-hybridized carbons (Fsp3) is 0.385. The van der Waals surface area contributed by atoms with Crippen molar-refractivity contribution in [3.63, 3.8) is 0 Å². The smallest absolute Gasteiger partial charge is 0.399 e. The van der Waals surface area contributed by atoms with Crippen LogP contribution in [0, 0.1) is 11.3 Å². The van der Waals surface area contributed by atoms with Crippen LogP contribution in [-0.4, -0.2) is 41.4 Å². The van der Waals surface area contributed by atoms with Gasteiger partial charge in [0, 0.05) is 32.4 Å². The number of piperazine rings is 1. The van der Waals surface area contributed by atoms with E-state index in [9.17, 15) is 13.2 Å². The lowest BCUT2D eigenvalue weighted by molar-refractivity contribution is -0.157. The molecular formula is C13H11F3N6O. The number of nitrogens with zero attached hydrogens (tertiary/aromatic N) is 6. The maximum Gasteiger partial charge on any atom is 0.470 e. The number of hydrogen-bond donors (Lipinski definition) is 0. The van der Waals surface area contributed by atoms with Gasteiger partial charge in [0.2, 0.25) is 0 Å². The Morgan fingerprint density at radius 3 is 2.43 bits per heavy atom. The molecule has 2 aromatic heterocycles. The minimum Gasteiger partial charge on any atom is -0.399 e. The van der Waals surface area contributed by atoms with E-state index in [2.05, 4.69) is 25.7 Å². The predicted molar refractivity (Wildman–Crippen MR) is 72.7 cm³/mol. The lowest BCUT2D eigenvalue weighted by Gasteiger charge is -2.34. The summed E-state index contributed by atoms with van der Waals surface area (Å²) in [6.07, 6.45) is -3.06. The summed E-state index contributed by atoms with van der Waals surface area (Å²) in [7, 11) is 0. The average molecular weight is 324 g/mol. The van der Waals surface area contributed by atoms with Gasteiger partial charge >= 0.3 is 18.1 Å². The molecule has 3 rings (SSSR count). The molecule has 23 heavy (non-hydrogen) atoms. The first-order valence-corrected chi connectivity index (χ1v) is 6.75. The van der Waals surface area contributed by atoms with Crippen LogP contribution in [0.15, 0.2) is 22.7 Å². The molecular weight excluding hydrogens is 313 g/mol. The van der Waals surface area contributed by atoms with Gasteiger partial charge in [-0.3, -0.25) is 0 Å². The fourth-order valence-electron chi connectivity index (χ4n) is 2.30. The fourth-order valence-corrected chi connectivity index (χ4v) is 2.30. The Labute approximate surface area is 129 Å². The van der Waals surface area contributed by atoms with E-state index < -0.39 is 12.1 Å². The number of anilines is 2. The van der Waals surface area contributed by atoms with Crippen molar-refractivity contribution >= 4 is 11.8 Å². The molecule has 10 heteroatoms. The molecule has 1 aliphatic rings. The van der Waals surface area contributed by atoms with E-state index in [1.807, 2.05) is 4.90 Å². The molecule has 1 aliphatic heterocycles. The van der Waals surface area contributed by atoms with Gasteiger partial charge in [-0.15, -0.1) is 5.10 Å². The second-order valence-electron chi connectivity index (χ2n) is 4.85. The normalized spacial score (nSPS) is 15.6. The van der Waals surface area contributed by atoms with Gasteiger partial charge in [-0.2, -0.15) is 18.4 Å². The molecule has 1 saturated heterocycles. The van der Waals surface area contributed by atoms with Crippen LogP contribution in [0.25, 0.3) is 0 Å². The first kappa shape index (κ1) is 15.1. The van der Waals surface area contributed by atoms with Crippen LogP contribution < -0.4 is 9.80 Å². The van der Waals surface area contributed by atoms with Gasteiger partial charge in [-0.25, -0.2) is 4.98 Å². The van der Waals surface area contributed by atoms with E-state index in [-0.39, 0.29) is 6.01 Å². The molecule has 0 N–H and O–H groups in total. The Morgan fingerprint density at radius 1 is 1.13 bits per heavy atom. The Morgan fingerprint density at radius 2 is 1.83 bits per heavy atom. The van der Waals surface area contributed by atoms with Gasteiger partial charge in [0.25, 0.3) is 0 Å². The second kappa shape index (κ2) is 5.75. The van der Waals surface area contributed by atoms with Crippen molar-refractivity contribution in [1.29, 1.82) is 5.26 Å². The van der Waals surface area contributed by atoms with Crippen molar-refractivity contribution < 1.29 is 17.6 Å². The van der Waals surface area contributed by atoms with Gasteiger partial charge in [0.15, 0.2) is 0 Å². The molecule has 7 nitrogen and oxygen atoms in total. The average Bonchev–Trinajstić information content (AvgIpc) is 3.05. The first-order valence-electron chi connectivity index (χ1n) is 6.75. The number of alkyl halides is 3. The van der Waals surface area contributed by atoms with E-state index in [1.165, 1.54) is 0 Å². The molecule has 0 atom stereocenters. The largest absolute Gasteiger partial charge is 0.470 e. The Hall–Kier alpha value is -2.83. The second-order valence-corrected chi connectivity index (χ2v) is 4.85.